The third-order valence-corrected chi connectivity index (χ3v) is 6.63. The molecule has 0 spiro atoms. The average molecular weight is 540 g/mol. The van der Waals surface area contributed by atoms with Gasteiger partial charge in [-0.25, -0.2) is 13.8 Å². The molecule has 38 heavy (non-hydrogen) atoms. The molecule has 3 aromatic carbocycles. The summed E-state index contributed by atoms with van der Waals surface area (Å²) in [5.41, 5.74) is 4.47. The number of carbonyl (C=O) groups excluding carboxylic acids is 1. The largest absolute Gasteiger partial charge is 0.494 e. The molecule has 1 N–H and O–H groups in total. The number of hydrogen-bond acceptors (Lipinski definition) is 7. The number of nitrogens with one attached hydrogen (secondary N) is 1. The lowest BCUT2D eigenvalue weighted by molar-refractivity contribution is -0.121. The fourth-order valence-electron chi connectivity index (χ4n) is 3.66. The SMILES string of the molecule is CCOc1ccc(N([C@@H](C)C(=O)N/N=C\c2ccc(OCc3ccccc3)c(OCC)c2)S(C)(=O)=O)cc1. The normalized spacial score (nSPS) is 12.1. The molecule has 3 aromatic rings. The minimum atomic E-state index is -3.76. The van der Waals surface area contributed by atoms with E-state index in [1.165, 1.54) is 13.1 Å². The summed E-state index contributed by atoms with van der Waals surface area (Å²) in [5.74, 6) is 1.15. The van der Waals surface area contributed by atoms with Gasteiger partial charge in [0, 0.05) is 0 Å². The number of hydrogen-bond donors (Lipinski definition) is 1. The van der Waals surface area contributed by atoms with Crippen LogP contribution in [-0.4, -0.2) is 46.1 Å². The molecule has 0 saturated heterocycles. The fraction of sp³-hybridized carbons (Fsp3) is 0.286. The molecule has 0 bridgehead atoms. The topological polar surface area (TPSA) is 107 Å². The van der Waals surface area contributed by atoms with Crippen LogP contribution in [0.2, 0.25) is 0 Å². The Bertz CT molecular complexity index is 1330. The van der Waals surface area contributed by atoms with Gasteiger partial charge in [-0.15, -0.1) is 0 Å². The molecule has 0 unspecified atom stereocenters. The Morgan fingerprint density at radius 1 is 0.947 bits per heavy atom. The first kappa shape index (κ1) is 28.5. The van der Waals surface area contributed by atoms with Crippen molar-refractivity contribution in [2.45, 2.75) is 33.4 Å². The predicted octanol–water partition coefficient (Wildman–Crippen LogP) is 4.37. The van der Waals surface area contributed by atoms with E-state index < -0.39 is 22.0 Å². The summed E-state index contributed by atoms with van der Waals surface area (Å²) in [5, 5.41) is 4.02. The molecular weight excluding hydrogens is 506 g/mol. The van der Waals surface area contributed by atoms with Gasteiger partial charge < -0.3 is 14.2 Å². The first-order valence-electron chi connectivity index (χ1n) is 12.2. The number of nitrogens with zero attached hydrogens (tertiary/aromatic N) is 2. The quantitative estimate of drug-likeness (QED) is 0.255. The standard InChI is InChI=1S/C28H33N3O6S/c1-5-35-25-15-13-24(14-16-25)31(38(4,33)34)21(3)28(32)30-29-19-23-12-17-26(27(18-23)36-6-2)37-20-22-10-8-7-9-11-22/h7-19,21H,5-6,20H2,1-4H3,(H,30,32)/b29-19-/t21-/m0/s1. The molecule has 0 radical (unpaired) electrons. The Morgan fingerprint density at radius 2 is 1.63 bits per heavy atom. The lowest BCUT2D eigenvalue weighted by Gasteiger charge is -2.27. The van der Waals surface area contributed by atoms with E-state index >= 15 is 0 Å². The van der Waals surface area contributed by atoms with Crippen molar-refractivity contribution in [3.8, 4) is 17.2 Å². The second-order valence-electron chi connectivity index (χ2n) is 8.31. The van der Waals surface area contributed by atoms with Gasteiger partial charge in [0.1, 0.15) is 18.4 Å². The molecule has 0 aliphatic carbocycles. The van der Waals surface area contributed by atoms with Gasteiger partial charge >= 0.3 is 0 Å². The van der Waals surface area contributed by atoms with Crippen LogP contribution in [0.25, 0.3) is 0 Å². The van der Waals surface area contributed by atoms with Gasteiger partial charge in [-0.1, -0.05) is 30.3 Å². The molecule has 1 atom stereocenters. The maximum atomic E-state index is 12.8. The van der Waals surface area contributed by atoms with Crippen LogP contribution in [0.15, 0.2) is 77.9 Å². The highest BCUT2D eigenvalue weighted by atomic mass is 32.2. The predicted molar refractivity (Wildman–Crippen MR) is 149 cm³/mol. The van der Waals surface area contributed by atoms with Gasteiger partial charge in [0.05, 0.1) is 31.4 Å². The van der Waals surface area contributed by atoms with Crippen molar-refractivity contribution >= 4 is 27.8 Å². The number of ether oxygens (including phenoxy) is 3. The van der Waals surface area contributed by atoms with Gasteiger partial charge in [0.15, 0.2) is 11.5 Å². The van der Waals surface area contributed by atoms with E-state index in [1.807, 2.05) is 44.2 Å². The third kappa shape index (κ3) is 7.97. The molecule has 0 heterocycles. The number of sulfonamides is 1. The monoisotopic (exact) mass is 539 g/mol. The summed E-state index contributed by atoms with van der Waals surface area (Å²) in [7, 11) is -3.76. The van der Waals surface area contributed by atoms with Crippen LogP contribution in [0.1, 0.15) is 31.9 Å². The van der Waals surface area contributed by atoms with Crippen LogP contribution in [0.4, 0.5) is 5.69 Å². The number of amides is 1. The highest BCUT2D eigenvalue weighted by molar-refractivity contribution is 7.92. The molecule has 0 aliphatic heterocycles. The second kappa shape index (κ2) is 13.5. The average Bonchev–Trinajstić information content (AvgIpc) is 2.89. The van der Waals surface area contributed by atoms with E-state index in [4.69, 9.17) is 14.2 Å². The number of hydrazone groups is 1. The van der Waals surface area contributed by atoms with E-state index in [0.29, 0.717) is 48.3 Å². The summed E-state index contributed by atoms with van der Waals surface area (Å²) in [6, 6.07) is 20.6. The summed E-state index contributed by atoms with van der Waals surface area (Å²) in [4.78, 5) is 12.8. The summed E-state index contributed by atoms with van der Waals surface area (Å²) in [6.45, 7) is 6.56. The number of anilines is 1. The van der Waals surface area contributed by atoms with E-state index in [2.05, 4.69) is 10.5 Å². The molecule has 9 nitrogen and oxygen atoms in total. The first-order chi connectivity index (χ1) is 18.2. The Balaban J connectivity index is 1.68. The molecule has 202 valence electrons. The lowest BCUT2D eigenvalue weighted by Crippen LogP contribution is -2.46. The smallest absolute Gasteiger partial charge is 0.263 e. The van der Waals surface area contributed by atoms with Gasteiger partial charge in [-0.3, -0.25) is 9.10 Å². The Morgan fingerprint density at radius 3 is 2.26 bits per heavy atom. The maximum Gasteiger partial charge on any atom is 0.263 e. The van der Waals surface area contributed by atoms with Gasteiger partial charge in [0.25, 0.3) is 5.91 Å². The number of rotatable bonds is 13. The van der Waals surface area contributed by atoms with Crippen LogP contribution in [-0.2, 0) is 21.4 Å². The zero-order chi connectivity index (χ0) is 27.5. The summed E-state index contributed by atoms with van der Waals surface area (Å²) in [6.07, 6.45) is 2.50. The van der Waals surface area contributed by atoms with Crippen LogP contribution in [0, 0.1) is 0 Å². The van der Waals surface area contributed by atoms with Crippen molar-refractivity contribution in [1.29, 1.82) is 0 Å². The minimum Gasteiger partial charge on any atom is -0.494 e. The van der Waals surface area contributed by atoms with E-state index in [0.717, 1.165) is 16.1 Å². The number of benzene rings is 3. The molecule has 1 amide bonds. The maximum absolute atomic E-state index is 12.8. The summed E-state index contributed by atoms with van der Waals surface area (Å²) >= 11 is 0. The zero-order valence-electron chi connectivity index (χ0n) is 22.0. The fourth-order valence-corrected chi connectivity index (χ4v) is 4.83. The summed E-state index contributed by atoms with van der Waals surface area (Å²) < 4.78 is 43.1. The Kier molecular flexibility index (Phi) is 10.1. The van der Waals surface area contributed by atoms with Crippen LogP contribution in [0.5, 0.6) is 17.2 Å². The molecule has 0 aromatic heterocycles. The molecule has 0 fully saturated rings. The first-order valence-corrected chi connectivity index (χ1v) is 14.1. The van der Waals surface area contributed by atoms with Crippen molar-refractivity contribution in [3.05, 3.63) is 83.9 Å². The van der Waals surface area contributed by atoms with Crippen LogP contribution in [0.3, 0.4) is 0 Å². The molecule has 0 aliphatic rings. The van der Waals surface area contributed by atoms with Crippen molar-refractivity contribution < 1.29 is 27.4 Å². The highest BCUT2D eigenvalue weighted by Crippen LogP contribution is 2.29. The van der Waals surface area contributed by atoms with E-state index in [9.17, 15) is 13.2 Å². The molecular formula is C28H33N3O6S. The van der Waals surface area contributed by atoms with E-state index in [-0.39, 0.29) is 0 Å². The van der Waals surface area contributed by atoms with Crippen LogP contribution >= 0.6 is 0 Å². The van der Waals surface area contributed by atoms with Crippen molar-refractivity contribution in [3.63, 3.8) is 0 Å². The molecule has 10 heteroatoms. The van der Waals surface area contributed by atoms with Gasteiger partial charge in [-0.05, 0) is 74.4 Å². The second-order valence-corrected chi connectivity index (χ2v) is 10.2. The van der Waals surface area contributed by atoms with Crippen molar-refractivity contribution in [2.75, 3.05) is 23.8 Å². The van der Waals surface area contributed by atoms with Crippen LogP contribution < -0.4 is 23.9 Å². The van der Waals surface area contributed by atoms with Crippen molar-refractivity contribution in [2.24, 2.45) is 5.10 Å². The lowest BCUT2D eigenvalue weighted by atomic mass is 10.2. The molecule has 3 rings (SSSR count). The minimum absolute atomic E-state index is 0.343. The van der Waals surface area contributed by atoms with Crippen molar-refractivity contribution in [1.82, 2.24) is 5.43 Å². The van der Waals surface area contributed by atoms with Gasteiger partial charge in [0.2, 0.25) is 10.0 Å². The third-order valence-electron chi connectivity index (χ3n) is 5.38. The Labute approximate surface area is 224 Å². The van der Waals surface area contributed by atoms with E-state index in [1.54, 1.807) is 42.5 Å². The van der Waals surface area contributed by atoms with Gasteiger partial charge in [-0.2, -0.15) is 5.10 Å². The highest BCUT2D eigenvalue weighted by Gasteiger charge is 2.29. The zero-order valence-corrected chi connectivity index (χ0v) is 22.8. The Hall–Kier alpha value is -4.05. The number of carbonyl (C=O) groups is 1. The molecule has 0 saturated carbocycles.